The average Bonchev–Trinajstić information content (AvgIpc) is 3.33. The van der Waals surface area contributed by atoms with E-state index in [0.29, 0.717) is 17.4 Å². The minimum Gasteiger partial charge on any atom is -0.377 e. The van der Waals surface area contributed by atoms with Crippen molar-refractivity contribution in [1.29, 1.82) is 0 Å². The number of nitro groups is 1. The second kappa shape index (κ2) is 6.37. The summed E-state index contributed by atoms with van der Waals surface area (Å²) >= 11 is 3.35. The van der Waals surface area contributed by atoms with Crippen LogP contribution in [0.1, 0.15) is 23.2 Å². The summed E-state index contributed by atoms with van der Waals surface area (Å²) in [4.78, 5) is 23.1. The molecule has 1 aliphatic carbocycles. The number of para-hydroxylation sites is 1. The van der Waals surface area contributed by atoms with Crippen LogP contribution < -0.4 is 10.6 Å². The Morgan fingerprint density at radius 2 is 1.91 bits per heavy atom. The van der Waals surface area contributed by atoms with Crippen molar-refractivity contribution in [1.82, 2.24) is 0 Å². The van der Waals surface area contributed by atoms with Crippen molar-refractivity contribution in [2.45, 2.75) is 18.9 Å². The number of carbonyl (C=O) groups is 1. The smallest absolute Gasteiger partial charge is 0.293 e. The highest BCUT2D eigenvalue weighted by Crippen LogP contribution is 2.32. The van der Waals surface area contributed by atoms with Crippen LogP contribution >= 0.6 is 15.9 Å². The Morgan fingerprint density at radius 1 is 1.17 bits per heavy atom. The normalized spacial score (nSPS) is 13.4. The molecule has 23 heavy (non-hydrogen) atoms. The molecule has 1 aliphatic rings. The van der Waals surface area contributed by atoms with Gasteiger partial charge in [0.15, 0.2) is 0 Å². The van der Waals surface area contributed by atoms with Crippen LogP contribution in [0.15, 0.2) is 46.9 Å². The molecule has 0 aromatic heterocycles. The summed E-state index contributed by atoms with van der Waals surface area (Å²) < 4.78 is 0.745. The van der Waals surface area contributed by atoms with E-state index in [1.807, 2.05) is 6.07 Å². The van der Waals surface area contributed by atoms with Crippen molar-refractivity contribution in [3.8, 4) is 0 Å². The van der Waals surface area contributed by atoms with Crippen LogP contribution in [0.4, 0.5) is 17.1 Å². The molecular formula is C16H14BrN3O3. The Bertz CT molecular complexity index is 775. The number of nitrogens with one attached hydrogen (secondary N) is 2. The van der Waals surface area contributed by atoms with Gasteiger partial charge in [0.25, 0.3) is 11.6 Å². The maximum atomic E-state index is 12.3. The third-order valence-electron chi connectivity index (χ3n) is 3.52. The number of carbonyl (C=O) groups excluding carboxylic acids is 1. The molecule has 0 radical (unpaired) electrons. The quantitative estimate of drug-likeness (QED) is 0.606. The number of nitro benzene ring substituents is 1. The lowest BCUT2D eigenvalue weighted by Gasteiger charge is -2.09. The van der Waals surface area contributed by atoms with Gasteiger partial charge in [-0.25, -0.2) is 0 Å². The minimum atomic E-state index is -0.472. The molecule has 1 fully saturated rings. The van der Waals surface area contributed by atoms with E-state index in [2.05, 4.69) is 26.6 Å². The Morgan fingerprint density at radius 3 is 2.57 bits per heavy atom. The lowest BCUT2D eigenvalue weighted by Crippen LogP contribution is -2.13. The van der Waals surface area contributed by atoms with E-state index < -0.39 is 10.8 Å². The largest absolute Gasteiger partial charge is 0.377 e. The van der Waals surface area contributed by atoms with Gasteiger partial charge in [0.1, 0.15) is 5.69 Å². The summed E-state index contributed by atoms with van der Waals surface area (Å²) in [6, 6.07) is 12.0. The predicted molar refractivity (Wildman–Crippen MR) is 91.8 cm³/mol. The van der Waals surface area contributed by atoms with Gasteiger partial charge in [0, 0.05) is 22.1 Å². The number of hydrogen-bond donors (Lipinski definition) is 2. The van der Waals surface area contributed by atoms with Gasteiger partial charge >= 0.3 is 0 Å². The molecule has 2 aromatic rings. The van der Waals surface area contributed by atoms with Crippen molar-refractivity contribution in [3.05, 3.63) is 62.6 Å². The van der Waals surface area contributed by atoms with Gasteiger partial charge < -0.3 is 10.6 Å². The molecule has 7 heteroatoms. The van der Waals surface area contributed by atoms with Gasteiger partial charge in [-0.3, -0.25) is 14.9 Å². The molecule has 0 atom stereocenters. The Kier molecular flexibility index (Phi) is 4.29. The highest BCUT2D eigenvalue weighted by molar-refractivity contribution is 9.10. The van der Waals surface area contributed by atoms with E-state index in [-0.39, 0.29) is 11.3 Å². The average molecular weight is 376 g/mol. The van der Waals surface area contributed by atoms with Crippen molar-refractivity contribution in [3.63, 3.8) is 0 Å². The molecule has 0 heterocycles. The summed E-state index contributed by atoms with van der Waals surface area (Å²) in [5.74, 6) is -0.391. The first-order valence-electron chi connectivity index (χ1n) is 7.15. The zero-order valence-corrected chi connectivity index (χ0v) is 13.7. The monoisotopic (exact) mass is 375 g/mol. The van der Waals surface area contributed by atoms with E-state index in [1.165, 1.54) is 6.07 Å². The molecule has 6 nitrogen and oxygen atoms in total. The SMILES string of the molecule is O=C(Nc1ccccc1Br)c1ccc(NC2CC2)c([N+](=O)[O-])c1. The van der Waals surface area contributed by atoms with Gasteiger partial charge in [-0.15, -0.1) is 0 Å². The van der Waals surface area contributed by atoms with E-state index in [0.717, 1.165) is 17.3 Å². The first-order valence-corrected chi connectivity index (χ1v) is 7.95. The van der Waals surface area contributed by atoms with Gasteiger partial charge in [-0.05, 0) is 53.0 Å². The van der Waals surface area contributed by atoms with Gasteiger partial charge in [0.05, 0.1) is 10.6 Å². The van der Waals surface area contributed by atoms with Crippen LogP contribution in [-0.4, -0.2) is 16.9 Å². The van der Waals surface area contributed by atoms with Crippen LogP contribution in [-0.2, 0) is 0 Å². The number of amides is 1. The highest BCUT2D eigenvalue weighted by Gasteiger charge is 2.25. The fraction of sp³-hybridized carbons (Fsp3) is 0.188. The number of nitrogens with zero attached hydrogens (tertiary/aromatic N) is 1. The molecular weight excluding hydrogens is 362 g/mol. The summed E-state index contributed by atoms with van der Waals surface area (Å²) in [6.45, 7) is 0. The van der Waals surface area contributed by atoms with Crippen LogP contribution in [0.25, 0.3) is 0 Å². The highest BCUT2D eigenvalue weighted by atomic mass is 79.9. The Labute approximate surface area is 141 Å². The van der Waals surface area contributed by atoms with Crippen LogP contribution in [0.5, 0.6) is 0 Å². The van der Waals surface area contributed by atoms with E-state index in [9.17, 15) is 14.9 Å². The topological polar surface area (TPSA) is 84.3 Å². The number of hydrogen-bond acceptors (Lipinski definition) is 4. The van der Waals surface area contributed by atoms with Crippen molar-refractivity contribution in [2.24, 2.45) is 0 Å². The number of halogens is 1. The second-order valence-electron chi connectivity index (χ2n) is 5.34. The third kappa shape index (κ3) is 3.68. The minimum absolute atomic E-state index is 0.0864. The molecule has 0 spiro atoms. The summed E-state index contributed by atoms with van der Waals surface area (Å²) in [5, 5.41) is 17.1. The van der Waals surface area contributed by atoms with Crippen LogP contribution in [0.3, 0.4) is 0 Å². The molecule has 0 unspecified atom stereocenters. The fourth-order valence-corrected chi connectivity index (χ4v) is 2.53. The maximum Gasteiger partial charge on any atom is 0.293 e. The molecule has 1 saturated carbocycles. The first-order chi connectivity index (χ1) is 11.0. The predicted octanol–water partition coefficient (Wildman–Crippen LogP) is 4.18. The lowest BCUT2D eigenvalue weighted by molar-refractivity contribution is -0.384. The van der Waals surface area contributed by atoms with Gasteiger partial charge in [-0.1, -0.05) is 12.1 Å². The molecule has 3 rings (SSSR count). The number of rotatable bonds is 5. The Hall–Kier alpha value is -2.41. The zero-order chi connectivity index (χ0) is 16.4. The number of anilines is 2. The van der Waals surface area contributed by atoms with Crippen LogP contribution in [0.2, 0.25) is 0 Å². The number of benzene rings is 2. The van der Waals surface area contributed by atoms with Crippen molar-refractivity contribution < 1.29 is 9.72 Å². The summed E-state index contributed by atoms with van der Waals surface area (Å²) in [5.41, 5.74) is 1.22. The Balaban J connectivity index is 1.84. The van der Waals surface area contributed by atoms with E-state index in [1.54, 1.807) is 30.3 Å². The maximum absolute atomic E-state index is 12.3. The summed E-state index contributed by atoms with van der Waals surface area (Å²) in [7, 11) is 0. The lowest BCUT2D eigenvalue weighted by atomic mass is 10.1. The molecule has 2 aromatic carbocycles. The first kappa shape index (κ1) is 15.5. The zero-order valence-electron chi connectivity index (χ0n) is 12.1. The third-order valence-corrected chi connectivity index (χ3v) is 4.21. The fourth-order valence-electron chi connectivity index (χ4n) is 2.15. The molecule has 2 N–H and O–H groups in total. The van der Waals surface area contributed by atoms with Crippen molar-refractivity contribution >= 4 is 38.9 Å². The van der Waals surface area contributed by atoms with E-state index >= 15 is 0 Å². The summed E-state index contributed by atoms with van der Waals surface area (Å²) in [6.07, 6.45) is 2.03. The molecule has 0 aliphatic heterocycles. The second-order valence-corrected chi connectivity index (χ2v) is 6.20. The molecule has 0 bridgehead atoms. The van der Waals surface area contributed by atoms with Gasteiger partial charge in [0.2, 0.25) is 0 Å². The van der Waals surface area contributed by atoms with Gasteiger partial charge in [-0.2, -0.15) is 0 Å². The molecule has 0 saturated heterocycles. The van der Waals surface area contributed by atoms with Crippen molar-refractivity contribution in [2.75, 3.05) is 10.6 Å². The van der Waals surface area contributed by atoms with E-state index in [4.69, 9.17) is 0 Å². The standard InChI is InChI=1S/C16H14BrN3O3/c17-12-3-1-2-4-13(12)19-16(21)10-5-8-14(18-11-6-7-11)15(9-10)20(22)23/h1-5,8-9,11,18H,6-7H2,(H,19,21). The molecule has 118 valence electrons. The molecule has 1 amide bonds. The van der Waals surface area contributed by atoms with Crippen LogP contribution in [0, 0.1) is 10.1 Å².